The number of halogens is 1. The highest BCUT2D eigenvalue weighted by atomic mass is 19.1. The fraction of sp³-hybridized carbons (Fsp3) is 0.412. The molecule has 1 saturated heterocycles. The van der Waals surface area contributed by atoms with Crippen LogP contribution in [0.2, 0.25) is 0 Å². The molecule has 1 aromatic carbocycles. The van der Waals surface area contributed by atoms with Crippen LogP contribution in [-0.4, -0.2) is 47.9 Å². The monoisotopic (exact) mass is 317 g/mol. The van der Waals surface area contributed by atoms with Crippen LogP contribution in [0.25, 0.3) is 0 Å². The molecule has 1 aliphatic rings. The maximum atomic E-state index is 12.9. The molecule has 122 valence electrons. The van der Waals surface area contributed by atoms with Gasteiger partial charge in [0, 0.05) is 19.6 Å². The van der Waals surface area contributed by atoms with Gasteiger partial charge in [0.1, 0.15) is 5.82 Å². The number of carbonyl (C=O) groups is 2. The number of urea groups is 1. The summed E-state index contributed by atoms with van der Waals surface area (Å²) in [6.07, 6.45) is 7.31. The molecule has 0 aliphatic carbocycles. The summed E-state index contributed by atoms with van der Waals surface area (Å²) in [7, 11) is 0. The first kappa shape index (κ1) is 16.8. The van der Waals surface area contributed by atoms with Gasteiger partial charge in [0.25, 0.3) is 0 Å². The van der Waals surface area contributed by atoms with Gasteiger partial charge in [-0.15, -0.1) is 6.42 Å². The van der Waals surface area contributed by atoms with Crippen LogP contribution in [0, 0.1) is 18.2 Å². The van der Waals surface area contributed by atoms with Gasteiger partial charge in [-0.25, -0.2) is 9.18 Å². The average molecular weight is 317 g/mol. The number of likely N-dealkylation sites (tertiary alicyclic amines) is 1. The summed E-state index contributed by atoms with van der Waals surface area (Å²) in [5, 5.41) is 2.60. The minimum atomic E-state index is -0.403. The van der Waals surface area contributed by atoms with Gasteiger partial charge in [0.05, 0.1) is 13.1 Å². The molecule has 0 bridgehead atoms. The Morgan fingerprint density at radius 3 is 2.52 bits per heavy atom. The normalized spacial score (nSPS) is 13.5. The van der Waals surface area contributed by atoms with E-state index < -0.39 is 6.03 Å². The second kappa shape index (κ2) is 8.18. The summed E-state index contributed by atoms with van der Waals surface area (Å²) < 4.78 is 12.9. The molecule has 6 heteroatoms. The topological polar surface area (TPSA) is 52.7 Å². The Hall–Kier alpha value is -2.55. The van der Waals surface area contributed by atoms with Gasteiger partial charge in [-0.1, -0.05) is 18.1 Å². The molecule has 3 amide bonds. The summed E-state index contributed by atoms with van der Waals surface area (Å²) in [5.74, 6) is 2.00. The first-order valence-corrected chi connectivity index (χ1v) is 7.58. The molecule has 1 aromatic rings. The van der Waals surface area contributed by atoms with Crippen LogP contribution in [0.5, 0.6) is 0 Å². The molecule has 5 nitrogen and oxygen atoms in total. The Labute approximate surface area is 135 Å². The number of carbonyl (C=O) groups excluding carboxylic acids is 2. The van der Waals surface area contributed by atoms with Crippen molar-refractivity contribution in [1.29, 1.82) is 0 Å². The van der Waals surface area contributed by atoms with Crippen LogP contribution in [0.1, 0.15) is 18.4 Å². The molecule has 23 heavy (non-hydrogen) atoms. The van der Waals surface area contributed by atoms with Crippen LogP contribution in [0.4, 0.5) is 9.18 Å². The van der Waals surface area contributed by atoms with E-state index in [4.69, 9.17) is 6.42 Å². The highest BCUT2D eigenvalue weighted by molar-refractivity contribution is 5.84. The average Bonchev–Trinajstić information content (AvgIpc) is 3.08. The van der Waals surface area contributed by atoms with Gasteiger partial charge < -0.3 is 15.1 Å². The van der Waals surface area contributed by atoms with Gasteiger partial charge in [-0.2, -0.15) is 0 Å². The van der Waals surface area contributed by atoms with E-state index in [1.807, 2.05) is 0 Å². The minimum Gasteiger partial charge on any atom is -0.341 e. The van der Waals surface area contributed by atoms with Crippen LogP contribution in [0.3, 0.4) is 0 Å². The van der Waals surface area contributed by atoms with E-state index in [2.05, 4.69) is 11.2 Å². The van der Waals surface area contributed by atoms with E-state index in [1.54, 1.807) is 17.0 Å². The highest BCUT2D eigenvalue weighted by Crippen LogP contribution is 2.08. The van der Waals surface area contributed by atoms with E-state index in [1.165, 1.54) is 17.0 Å². The Balaban J connectivity index is 1.88. The Morgan fingerprint density at radius 2 is 1.91 bits per heavy atom. The summed E-state index contributed by atoms with van der Waals surface area (Å²) in [4.78, 5) is 27.3. The predicted octanol–water partition coefficient (Wildman–Crippen LogP) is 1.59. The Morgan fingerprint density at radius 1 is 1.26 bits per heavy atom. The van der Waals surface area contributed by atoms with Crippen molar-refractivity contribution < 1.29 is 14.0 Å². The van der Waals surface area contributed by atoms with Crippen molar-refractivity contribution >= 4 is 11.9 Å². The number of hydrogen-bond acceptors (Lipinski definition) is 2. The molecule has 1 fully saturated rings. The lowest BCUT2D eigenvalue weighted by molar-refractivity contribution is -0.129. The molecule has 0 aromatic heterocycles. The number of amides is 3. The van der Waals surface area contributed by atoms with E-state index in [9.17, 15) is 14.0 Å². The van der Waals surface area contributed by atoms with Crippen molar-refractivity contribution in [2.45, 2.75) is 19.4 Å². The lowest BCUT2D eigenvalue weighted by Gasteiger charge is -2.22. The highest BCUT2D eigenvalue weighted by Gasteiger charge is 2.19. The fourth-order valence-corrected chi connectivity index (χ4v) is 2.46. The van der Waals surface area contributed by atoms with Crippen molar-refractivity contribution in [3.05, 3.63) is 35.6 Å². The third kappa shape index (κ3) is 4.99. The van der Waals surface area contributed by atoms with Gasteiger partial charge in [-0.05, 0) is 30.5 Å². The first-order chi connectivity index (χ1) is 11.1. The largest absolute Gasteiger partial charge is 0.341 e. The van der Waals surface area contributed by atoms with Crippen molar-refractivity contribution in [3.63, 3.8) is 0 Å². The summed E-state index contributed by atoms with van der Waals surface area (Å²) in [5.41, 5.74) is 0.766. The number of terminal acetylenes is 1. The zero-order valence-electron chi connectivity index (χ0n) is 12.9. The molecule has 2 rings (SSSR count). The molecule has 0 spiro atoms. The molecule has 1 heterocycles. The summed E-state index contributed by atoms with van der Waals surface area (Å²) in [6.45, 7) is 1.83. The van der Waals surface area contributed by atoms with E-state index in [0.29, 0.717) is 0 Å². The lowest BCUT2D eigenvalue weighted by atomic mass is 10.2. The zero-order valence-corrected chi connectivity index (χ0v) is 12.9. The van der Waals surface area contributed by atoms with Crippen molar-refractivity contribution in [2.24, 2.45) is 0 Å². The molecular formula is C17H20FN3O2. The maximum absolute atomic E-state index is 12.9. The van der Waals surface area contributed by atoms with Crippen LogP contribution in [-0.2, 0) is 11.3 Å². The number of nitrogens with one attached hydrogen (secondary N) is 1. The second-order valence-corrected chi connectivity index (χ2v) is 5.43. The van der Waals surface area contributed by atoms with Gasteiger partial charge >= 0.3 is 6.03 Å². The minimum absolute atomic E-state index is 0.0384. The van der Waals surface area contributed by atoms with Crippen LogP contribution in [0.15, 0.2) is 24.3 Å². The molecule has 0 radical (unpaired) electrons. The summed E-state index contributed by atoms with van der Waals surface area (Å²) in [6, 6.07) is 5.46. The molecule has 0 saturated carbocycles. The second-order valence-electron chi connectivity index (χ2n) is 5.43. The van der Waals surface area contributed by atoms with E-state index in [-0.39, 0.29) is 31.4 Å². The van der Waals surface area contributed by atoms with Crippen LogP contribution < -0.4 is 5.32 Å². The van der Waals surface area contributed by atoms with Crippen molar-refractivity contribution in [2.75, 3.05) is 26.2 Å². The molecule has 1 aliphatic heterocycles. The molecule has 0 unspecified atom stereocenters. The van der Waals surface area contributed by atoms with Crippen molar-refractivity contribution in [1.82, 2.24) is 15.1 Å². The van der Waals surface area contributed by atoms with Gasteiger partial charge in [0.15, 0.2) is 0 Å². The predicted molar refractivity (Wildman–Crippen MR) is 84.9 cm³/mol. The number of rotatable bonds is 5. The van der Waals surface area contributed by atoms with E-state index in [0.717, 1.165) is 31.5 Å². The molecule has 0 atom stereocenters. The molecular weight excluding hydrogens is 297 g/mol. The smallest absolute Gasteiger partial charge is 0.318 e. The Bertz CT molecular complexity index is 589. The SMILES string of the molecule is C#CCN(Cc1ccc(F)cc1)C(=O)NCC(=O)N1CCCC1. The number of hydrogen-bond donors (Lipinski definition) is 1. The third-order valence-electron chi connectivity index (χ3n) is 3.71. The number of benzene rings is 1. The summed E-state index contributed by atoms with van der Waals surface area (Å²) >= 11 is 0. The third-order valence-corrected chi connectivity index (χ3v) is 3.71. The first-order valence-electron chi connectivity index (χ1n) is 7.58. The number of nitrogens with zero attached hydrogens (tertiary/aromatic N) is 2. The van der Waals surface area contributed by atoms with E-state index >= 15 is 0 Å². The van der Waals surface area contributed by atoms with Gasteiger partial charge in [0.2, 0.25) is 5.91 Å². The van der Waals surface area contributed by atoms with Crippen LogP contribution >= 0.6 is 0 Å². The van der Waals surface area contributed by atoms with Gasteiger partial charge in [-0.3, -0.25) is 4.79 Å². The standard InChI is InChI=1S/C17H20FN3O2/c1-2-9-21(13-14-5-7-15(18)8-6-14)17(23)19-12-16(22)20-10-3-4-11-20/h1,5-8H,3-4,9-13H2,(H,19,23). The quantitative estimate of drug-likeness (QED) is 0.839. The fourth-order valence-electron chi connectivity index (χ4n) is 2.46. The maximum Gasteiger partial charge on any atom is 0.318 e. The molecule has 1 N–H and O–H groups in total. The lowest BCUT2D eigenvalue weighted by Crippen LogP contribution is -2.44. The zero-order chi connectivity index (χ0) is 16.7. The van der Waals surface area contributed by atoms with Crippen molar-refractivity contribution in [3.8, 4) is 12.3 Å². The Kier molecular flexibility index (Phi) is 5.98.